The molecule has 1 atom stereocenters. The lowest BCUT2D eigenvalue weighted by Gasteiger charge is -2.26. The van der Waals surface area contributed by atoms with Crippen LogP contribution in [-0.4, -0.2) is 33.2 Å². The van der Waals surface area contributed by atoms with Crippen molar-refractivity contribution in [2.45, 2.75) is 19.1 Å². The first-order valence-electron chi connectivity index (χ1n) is 4.08. The van der Waals surface area contributed by atoms with Gasteiger partial charge in [-0.15, -0.1) is 5.10 Å². The van der Waals surface area contributed by atoms with Crippen molar-refractivity contribution in [1.29, 1.82) is 0 Å². The second kappa shape index (κ2) is 2.84. The molecular weight excluding hydrogens is 156 g/mol. The number of aromatic nitrogens is 3. The summed E-state index contributed by atoms with van der Waals surface area (Å²) in [6, 6.07) is 0.421. The first-order chi connectivity index (χ1) is 5.77. The highest BCUT2D eigenvalue weighted by molar-refractivity contribution is 4.97. The molecule has 5 heteroatoms. The number of nitrogens with zero attached hydrogens (tertiary/aromatic N) is 3. The van der Waals surface area contributed by atoms with E-state index in [0.29, 0.717) is 11.7 Å². The molecule has 2 heterocycles. The molecular formula is C7H12N4O. The molecule has 0 amide bonds. The van der Waals surface area contributed by atoms with Gasteiger partial charge in [-0.1, -0.05) is 5.21 Å². The van der Waals surface area contributed by atoms with Crippen LogP contribution in [0, 0.1) is 0 Å². The number of aliphatic hydroxyl groups is 1. The summed E-state index contributed by atoms with van der Waals surface area (Å²) in [6.07, 6.45) is 1.28. The van der Waals surface area contributed by atoms with Gasteiger partial charge in [-0.25, -0.2) is 4.68 Å². The van der Waals surface area contributed by atoms with Crippen molar-refractivity contribution in [2.24, 2.45) is 0 Å². The van der Waals surface area contributed by atoms with Crippen molar-refractivity contribution in [3.8, 4) is 0 Å². The molecule has 1 aliphatic rings. The van der Waals surface area contributed by atoms with Crippen molar-refractivity contribution in [2.75, 3.05) is 13.1 Å². The van der Waals surface area contributed by atoms with Gasteiger partial charge in [0.2, 0.25) is 0 Å². The largest absolute Gasteiger partial charge is 0.387 e. The average Bonchev–Trinajstić information content (AvgIpc) is 2.32. The predicted octanol–water partition coefficient (Wildman–Crippen LogP) is -0.524. The van der Waals surface area contributed by atoms with Crippen LogP contribution in [0.15, 0.2) is 6.20 Å². The van der Waals surface area contributed by atoms with Gasteiger partial charge in [0, 0.05) is 13.1 Å². The zero-order valence-corrected chi connectivity index (χ0v) is 6.94. The Hall–Kier alpha value is -0.940. The molecule has 0 bridgehead atoms. The summed E-state index contributed by atoms with van der Waals surface area (Å²) >= 11 is 0. The number of nitrogens with one attached hydrogen (secondary N) is 1. The standard InChI is InChI=1S/C7H12N4O/c1-5(12)7-4-11(10-9-7)6-2-8-3-6/h4-6,8,12H,2-3H2,1H3. The highest BCUT2D eigenvalue weighted by Gasteiger charge is 2.20. The third kappa shape index (κ3) is 1.21. The highest BCUT2D eigenvalue weighted by Crippen LogP contribution is 2.13. The molecule has 1 aliphatic heterocycles. The van der Waals surface area contributed by atoms with Crippen LogP contribution in [0.2, 0.25) is 0 Å². The Balaban J connectivity index is 2.12. The lowest BCUT2D eigenvalue weighted by Crippen LogP contribution is -2.43. The van der Waals surface area contributed by atoms with E-state index in [4.69, 9.17) is 0 Å². The lowest BCUT2D eigenvalue weighted by molar-refractivity contribution is 0.194. The molecule has 2 rings (SSSR count). The first-order valence-corrected chi connectivity index (χ1v) is 4.08. The van der Waals surface area contributed by atoms with Gasteiger partial charge in [-0.2, -0.15) is 0 Å². The number of hydrogen-bond acceptors (Lipinski definition) is 4. The monoisotopic (exact) mass is 168 g/mol. The Bertz CT molecular complexity index is 266. The molecule has 1 aromatic heterocycles. The zero-order valence-electron chi connectivity index (χ0n) is 6.94. The summed E-state index contributed by atoms with van der Waals surface area (Å²) in [5, 5.41) is 20.1. The van der Waals surface area contributed by atoms with E-state index in [1.54, 1.807) is 17.8 Å². The number of rotatable bonds is 2. The fourth-order valence-electron chi connectivity index (χ4n) is 1.12. The Kier molecular flexibility index (Phi) is 1.82. The van der Waals surface area contributed by atoms with E-state index in [9.17, 15) is 5.11 Å². The summed E-state index contributed by atoms with van der Waals surface area (Å²) in [4.78, 5) is 0. The van der Waals surface area contributed by atoms with Gasteiger partial charge in [-0.05, 0) is 6.92 Å². The van der Waals surface area contributed by atoms with Crippen molar-refractivity contribution in [3.63, 3.8) is 0 Å². The molecule has 0 radical (unpaired) electrons. The predicted molar refractivity (Wildman–Crippen MR) is 42.6 cm³/mol. The third-order valence-corrected chi connectivity index (χ3v) is 2.09. The van der Waals surface area contributed by atoms with E-state index >= 15 is 0 Å². The fraction of sp³-hybridized carbons (Fsp3) is 0.714. The molecule has 0 spiro atoms. The maximum absolute atomic E-state index is 9.18. The summed E-state index contributed by atoms with van der Waals surface area (Å²) in [5.74, 6) is 0. The maximum atomic E-state index is 9.18. The van der Waals surface area contributed by atoms with Gasteiger partial charge in [0.15, 0.2) is 0 Å². The van der Waals surface area contributed by atoms with Crippen LogP contribution in [0.1, 0.15) is 24.8 Å². The smallest absolute Gasteiger partial charge is 0.111 e. The molecule has 12 heavy (non-hydrogen) atoms. The molecule has 2 N–H and O–H groups in total. The Morgan fingerprint density at radius 2 is 2.50 bits per heavy atom. The minimum atomic E-state index is -0.521. The fourth-order valence-corrected chi connectivity index (χ4v) is 1.12. The van der Waals surface area contributed by atoms with Crippen molar-refractivity contribution < 1.29 is 5.11 Å². The average molecular weight is 168 g/mol. The van der Waals surface area contributed by atoms with Crippen molar-refractivity contribution in [1.82, 2.24) is 20.3 Å². The van der Waals surface area contributed by atoms with Crippen LogP contribution in [-0.2, 0) is 0 Å². The van der Waals surface area contributed by atoms with Gasteiger partial charge in [-0.3, -0.25) is 0 Å². The topological polar surface area (TPSA) is 63.0 Å². The molecule has 1 aromatic rings. The third-order valence-electron chi connectivity index (χ3n) is 2.09. The van der Waals surface area contributed by atoms with E-state index in [-0.39, 0.29) is 0 Å². The van der Waals surface area contributed by atoms with Gasteiger partial charge in [0.05, 0.1) is 18.3 Å². The van der Waals surface area contributed by atoms with Crippen LogP contribution < -0.4 is 5.32 Å². The summed E-state index contributed by atoms with van der Waals surface area (Å²) < 4.78 is 1.80. The maximum Gasteiger partial charge on any atom is 0.111 e. The van der Waals surface area contributed by atoms with E-state index in [2.05, 4.69) is 15.6 Å². The normalized spacial score (nSPS) is 20.5. The molecule has 1 saturated heterocycles. The zero-order chi connectivity index (χ0) is 8.55. The molecule has 1 fully saturated rings. The molecule has 66 valence electrons. The van der Waals surface area contributed by atoms with E-state index in [1.807, 2.05) is 0 Å². The Morgan fingerprint density at radius 3 is 2.92 bits per heavy atom. The van der Waals surface area contributed by atoms with E-state index in [0.717, 1.165) is 13.1 Å². The van der Waals surface area contributed by atoms with E-state index < -0.39 is 6.10 Å². The van der Waals surface area contributed by atoms with Crippen molar-refractivity contribution >= 4 is 0 Å². The van der Waals surface area contributed by atoms with Crippen LogP contribution in [0.5, 0.6) is 0 Å². The summed E-state index contributed by atoms with van der Waals surface area (Å²) in [6.45, 7) is 3.58. The highest BCUT2D eigenvalue weighted by atomic mass is 16.3. The van der Waals surface area contributed by atoms with Crippen LogP contribution >= 0.6 is 0 Å². The SMILES string of the molecule is CC(O)c1cn(C2CNC2)nn1. The summed E-state index contributed by atoms with van der Waals surface area (Å²) in [7, 11) is 0. The number of hydrogen-bond donors (Lipinski definition) is 2. The molecule has 0 aromatic carbocycles. The van der Waals surface area contributed by atoms with Crippen molar-refractivity contribution in [3.05, 3.63) is 11.9 Å². The second-order valence-electron chi connectivity index (χ2n) is 3.11. The van der Waals surface area contributed by atoms with Gasteiger partial charge < -0.3 is 10.4 Å². The molecule has 0 aliphatic carbocycles. The minimum Gasteiger partial charge on any atom is -0.387 e. The Labute approximate surface area is 70.4 Å². The van der Waals surface area contributed by atoms with Crippen LogP contribution in [0.4, 0.5) is 0 Å². The van der Waals surface area contributed by atoms with Gasteiger partial charge in [0.25, 0.3) is 0 Å². The molecule has 0 saturated carbocycles. The lowest BCUT2D eigenvalue weighted by atomic mass is 10.2. The number of aliphatic hydroxyl groups excluding tert-OH is 1. The van der Waals surface area contributed by atoms with E-state index in [1.165, 1.54) is 0 Å². The first kappa shape index (κ1) is 7.70. The molecule has 5 nitrogen and oxygen atoms in total. The summed E-state index contributed by atoms with van der Waals surface area (Å²) in [5.41, 5.74) is 0.641. The second-order valence-corrected chi connectivity index (χ2v) is 3.11. The quantitative estimate of drug-likeness (QED) is 0.623. The minimum absolute atomic E-state index is 0.421. The van der Waals surface area contributed by atoms with Gasteiger partial charge >= 0.3 is 0 Å². The van der Waals surface area contributed by atoms with Crippen LogP contribution in [0.25, 0.3) is 0 Å². The van der Waals surface area contributed by atoms with Gasteiger partial charge in [0.1, 0.15) is 5.69 Å². The Morgan fingerprint density at radius 1 is 1.75 bits per heavy atom. The molecule has 1 unspecified atom stereocenters. The van der Waals surface area contributed by atoms with Crippen LogP contribution in [0.3, 0.4) is 0 Å².